The summed E-state index contributed by atoms with van der Waals surface area (Å²) in [6.07, 6.45) is 1.84. The number of hydrogen-bond acceptors (Lipinski definition) is 5. The van der Waals surface area contributed by atoms with Crippen molar-refractivity contribution in [2.45, 2.75) is 57.6 Å². The lowest BCUT2D eigenvalue weighted by Gasteiger charge is -2.39. The largest absolute Gasteiger partial charge is 0.391 e. The molecule has 2 fully saturated rings. The summed E-state index contributed by atoms with van der Waals surface area (Å²) in [4.78, 5) is 31.7. The van der Waals surface area contributed by atoms with Gasteiger partial charge in [0, 0.05) is 50.2 Å². The van der Waals surface area contributed by atoms with E-state index in [0.717, 1.165) is 11.1 Å². The number of aliphatic hydroxyl groups excluding tert-OH is 1. The molecule has 210 valence electrons. The monoisotopic (exact) mass is 540 g/mol. The van der Waals surface area contributed by atoms with Gasteiger partial charge < -0.3 is 25.5 Å². The number of piperidine rings is 1. The Balaban J connectivity index is 1.28. The second kappa shape index (κ2) is 10.8. The van der Waals surface area contributed by atoms with Gasteiger partial charge in [-0.1, -0.05) is 24.3 Å². The number of fused-ring (bicyclic) bond motifs is 1. The van der Waals surface area contributed by atoms with Crippen molar-refractivity contribution in [3.05, 3.63) is 64.7 Å². The minimum absolute atomic E-state index is 0.200. The molecule has 3 aliphatic rings. The minimum Gasteiger partial charge on any atom is -0.391 e. The van der Waals surface area contributed by atoms with Crippen molar-refractivity contribution in [3.8, 4) is 0 Å². The number of likely N-dealkylation sites (N-methyl/N-ethyl adjacent to an activating group) is 1. The lowest BCUT2D eigenvalue weighted by Crippen LogP contribution is -2.51. The predicted molar refractivity (Wildman–Crippen MR) is 146 cm³/mol. The number of aliphatic hydroxyl groups is 1. The number of carbonyl (C=O) groups excluding carboxylic acids is 2. The number of amides is 2. The highest BCUT2D eigenvalue weighted by Crippen LogP contribution is 2.61. The van der Waals surface area contributed by atoms with Gasteiger partial charge in [0.05, 0.1) is 23.9 Å². The first-order valence-electron chi connectivity index (χ1n) is 14.0. The third-order valence-corrected chi connectivity index (χ3v) is 8.81. The van der Waals surface area contributed by atoms with E-state index in [9.17, 15) is 23.5 Å². The Labute approximate surface area is 228 Å². The van der Waals surface area contributed by atoms with E-state index in [1.807, 2.05) is 36.1 Å². The molecule has 1 aliphatic carbocycles. The summed E-state index contributed by atoms with van der Waals surface area (Å²) in [7, 11) is 0. The van der Waals surface area contributed by atoms with Crippen LogP contribution in [-0.4, -0.2) is 78.0 Å². The van der Waals surface area contributed by atoms with Crippen LogP contribution in [0.1, 0.15) is 64.4 Å². The van der Waals surface area contributed by atoms with Gasteiger partial charge in [0.2, 0.25) is 0 Å². The van der Waals surface area contributed by atoms with E-state index in [0.29, 0.717) is 81.6 Å². The van der Waals surface area contributed by atoms with Crippen molar-refractivity contribution in [2.75, 3.05) is 44.2 Å². The van der Waals surface area contributed by atoms with Gasteiger partial charge in [0.15, 0.2) is 0 Å². The Hall–Kier alpha value is -3.04. The zero-order valence-electron chi connectivity index (χ0n) is 22.5. The van der Waals surface area contributed by atoms with Crippen molar-refractivity contribution in [1.82, 2.24) is 9.80 Å². The second-order valence-electron chi connectivity index (χ2n) is 11.2. The SMILES string of the molecule is CCN1CCN(CC(O)CCc2ccccc2CN)C(=O)c2ccc(C(=O)N3CCC4(CC4)C(F)(F)C3)cc21. The third kappa shape index (κ3) is 5.39. The van der Waals surface area contributed by atoms with Crippen LogP contribution in [0, 0.1) is 5.41 Å². The van der Waals surface area contributed by atoms with Crippen molar-refractivity contribution in [2.24, 2.45) is 11.1 Å². The van der Waals surface area contributed by atoms with Crippen LogP contribution in [0.15, 0.2) is 42.5 Å². The van der Waals surface area contributed by atoms with E-state index >= 15 is 0 Å². The molecule has 9 heteroatoms. The number of halogens is 2. The highest BCUT2D eigenvalue weighted by Gasteiger charge is 2.64. The quantitative estimate of drug-likeness (QED) is 0.533. The molecule has 1 unspecified atom stereocenters. The molecule has 7 nitrogen and oxygen atoms in total. The molecule has 2 amide bonds. The van der Waals surface area contributed by atoms with Gasteiger partial charge in [-0.05, 0) is 68.4 Å². The van der Waals surface area contributed by atoms with Crippen LogP contribution in [-0.2, 0) is 13.0 Å². The molecule has 2 aliphatic heterocycles. The highest BCUT2D eigenvalue weighted by molar-refractivity contribution is 6.03. The number of anilines is 1. The van der Waals surface area contributed by atoms with Crippen LogP contribution in [0.3, 0.4) is 0 Å². The molecule has 39 heavy (non-hydrogen) atoms. The molecular weight excluding hydrogens is 502 g/mol. The number of hydrogen-bond donors (Lipinski definition) is 2. The van der Waals surface area contributed by atoms with Crippen LogP contribution in [0.25, 0.3) is 0 Å². The molecule has 2 heterocycles. The lowest BCUT2D eigenvalue weighted by molar-refractivity contribution is -0.116. The van der Waals surface area contributed by atoms with Gasteiger partial charge in [-0.25, -0.2) is 8.78 Å². The average Bonchev–Trinajstić information content (AvgIpc) is 3.75. The highest BCUT2D eigenvalue weighted by atomic mass is 19.3. The van der Waals surface area contributed by atoms with Crippen molar-refractivity contribution in [3.63, 3.8) is 0 Å². The number of carbonyl (C=O) groups is 2. The first-order chi connectivity index (χ1) is 18.7. The number of nitrogens with two attached hydrogens (primary N) is 1. The topological polar surface area (TPSA) is 90.1 Å². The van der Waals surface area contributed by atoms with E-state index in [1.54, 1.807) is 23.1 Å². The van der Waals surface area contributed by atoms with Crippen LogP contribution >= 0.6 is 0 Å². The third-order valence-electron chi connectivity index (χ3n) is 8.81. The van der Waals surface area contributed by atoms with E-state index in [4.69, 9.17) is 5.73 Å². The normalized spacial score (nSPS) is 20.5. The summed E-state index contributed by atoms with van der Waals surface area (Å²) >= 11 is 0. The maximum atomic E-state index is 14.7. The molecule has 5 rings (SSSR count). The summed E-state index contributed by atoms with van der Waals surface area (Å²) in [6.45, 7) is 3.97. The summed E-state index contributed by atoms with van der Waals surface area (Å²) in [5, 5.41) is 10.8. The van der Waals surface area contributed by atoms with Gasteiger partial charge >= 0.3 is 0 Å². The van der Waals surface area contributed by atoms with E-state index < -0.39 is 29.9 Å². The minimum atomic E-state index is -2.87. The molecular formula is C30H38F2N4O3. The smallest absolute Gasteiger partial charge is 0.270 e. The van der Waals surface area contributed by atoms with Gasteiger partial charge in [-0.2, -0.15) is 0 Å². The molecule has 1 saturated heterocycles. The number of benzene rings is 2. The van der Waals surface area contributed by atoms with Gasteiger partial charge in [-0.3, -0.25) is 9.59 Å². The molecule has 3 N–H and O–H groups in total. The number of nitrogens with zero attached hydrogens (tertiary/aromatic N) is 3. The van der Waals surface area contributed by atoms with Crippen LogP contribution in [0.5, 0.6) is 0 Å². The maximum absolute atomic E-state index is 14.7. The average molecular weight is 541 g/mol. The summed E-state index contributed by atoms with van der Waals surface area (Å²) in [5.41, 5.74) is 8.46. The van der Waals surface area contributed by atoms with Gasteiger partial charge in [0.1, 0.15) is 0 Å². The Morgan fingerprint density at radius 2 is 1.77 bits per heavy atom. The van der Waals surface area contributed by atoms with Crippen LogP contribution in [0.4, 0.5) is 14.5 Å². The molecule has 1 spiro atoms. The molecule has 0 bridgehead atoms. The number of alkyl halides is 2. The van der Waals surface area contributed by atoms with Crippen LogP contribution in [0.2, 0.25) is 0 Å². The molecule has 0 radical (unpaired) electrons. The summed E-state index contributed by atoms with van der Waals surface area (Å²) in [6, 6.07) is 12.7. The summed E-state index contributed by atoms with van der Waals surface area (Å²) < 4.78 is 29.4. The molecule has 1 atom stereocenters. The zero-order valence-corrected chi connectivity index (χ0v) is 22.5. The molecule has 2 aromatic rings. The zero-order chi connectivity index (χ0) is 27.8. The predicted octanol–water partition coefficient (Wildman–Crippen LogP) is 3.68. The van der Waals surface area contributed by atoms with Gasteiger partial charge in [0.25, 0.3) is 17.7 Å². The van der Waals surface area contributed by atoms with E-state index in [-0.39, 0.29) is 12.5 Å². The standard InChI is InChI=1S/C30H38F2N4O3/c1-2-34-15-16-35(19-24(37)9-7-21-5-3-4-6-23(21)18-33)28(39)25-10-8-22(17-26(25)34)27(38)36-14-13-29(11-12-29)30(31,32)20-36/h3-6,8,10,17,24,37H,2,7,9,11-16,18-20,33H2,1H3. The number of aryl methyl sites for hydroxylation is 1. The summed E-state index contributed by atoms with van der Waals surface area (Å²) in [5.74, 6) is -3.50. The van der Waals surface area contributed by atoms with Gasteiger partial charge in [-0.15, -0.1) is 0 Å². The van der Waals surface area contributed by atoms with Crippen molar-refractivity contribution in [1.29, 1.82) is 0 Å². The van der Waals surface area contributed by atoms with E-state index in [1.165, 1.54) is 4.90 Å². The van der Waals surface area contributed by atoms with E-state index in [2.05, 4.69) is 0 Å². The fourth-order valence-corrected chi connectivity index (χ4v) is 6.05. The van der Waals surface area contributed by atoms with Crippen LogP contribution < -0.4 is 10.6 Å². The molecule has 1 saturated carbocycles. The van der Waals surface area contributed by atoms with Crippen molar-refractivity contribution >= 4 is 17.5 Å². The Morgan fingerprint density at radius 3 is 2.44 bits per heavy atom. The molecule has 2 aromatic carbocycles. The fraction of sp³-hybridized carbons (Fsp3) is 0.533. The Morgan fingerprint density at radius 1 is 1.05 bits per heavy atom. The Kier molecular flexibility index (Phi) is 7.66. The number of rotatable bonds is 8. The number of β-amino-alcohol motifs (C(OH)–C–C–N with tert-alkyl or cyclic N) is 1. The maximum Gasteiger partial charge on any atom is 0.270 e. The Bertz CT molecular complexity index is 1230. The second-order valence-corrected chi connectivity index (χ2v) is 11.2. The van der Waals surface area contributed by atoms with Crippen molar-refractivity contribution < 1.29 is 23.5 Å². The molecule has 0 aromatic heterocycles. The first kappa shape index (κ1) is 27.5. The lowest BCUT2D eigenvalue weighted by atomic mass is 9.89. The first-order valence-corrected chi connectivity index (χ1v) is 14.0. The fourth-order valence-electron chi connectivity index (χ4n) is 6.05. The number of likely N-dealkylation sites (tertiary alicyclic amines) is 1.